The van der Waals surface area contributed by atoms with Gasteiger partial charge in [-0.2, -0.15) is 0 Å². The van der Waals surface area contributed by atoms with Crippen LogP contribution in [0.1, 0.15) is 32.8 Å². The number of carboxylic acid groups (broad SMARTS) is 1. The summed E-state index contributed by atoms with van der Waals surface area (Å²) < 4.78 is 0. The van der Waals surface area contributed by atoms with Crippen LogP contribution in [0.25, 0.3) is 0 Å². The largest absolute Gasteiger partial charge is 0.480 e. The van der Waals surface area contributed by atoms with Crippen LogP contribution in [0, 0.1) is 0 Å². The molecule has 0 amide bonds. The lowest BCUT2D eigenvalue weighted by atomic mass is 9.85. The van der Waals surface area contributed by atoms with Crippen LogP contribution in [0.5, 0.6) is 0 Å². The SMILES string of the molecule is CC(C)(C)c1cccc2c1NCCCN2CC(=O)O. The highest BCUT2D eigenvalue weighted by Gasteiger charge is 2.24. The molecule has 0 saturated heterocycles. The fourth-order valence-corrected chi connectivity index (χ4v) is 2.55. The number of fused-ring (bicyclic) bond motifs is 1. The second-order valence-electron chi connectivity index (χ2n) is 6.05. The second-order valence-corrected chi connectivity index (χ2v) is 6.05. The predicted molar refractivity (Wildman–Crippen MR) is 78.1 cm³/mol. The Balaban J connectivity index is 2.47. The molecule has 0 unspecified atom stereocenters. The van der Waals surface area contributed by atoms with E-state index >= 15 is 0 Å². The van der Waals surface area contributed by atoms with Crippen LogP contribution in [0.15, 0.2) is 18.2 Å². The number of benzene rings is 1. The lowest BCUT2D eigenvalue weighted by Crippen LogP contribution is -2.30. The van der Waals surface area contributed by atoms with E-state index in [1.54, 1.807) is 0 Å². The third-order valence-corrected chi connectivity index (χ3v) is 3.42. The van der Waals surface area contributed by atoms with Crippen molar-refractivity contribution < 1.29 is 9.90 Å². The van der Waals surface area contributed by atoms with Gasteiger partial charge in [-0.3, -0.25) is 4.79 Å². The Morgan fingerprint density at radius 1 is 1.42 bits per heavy atom. The summed E-state index contributed by atoms with van der Waals surface area (Å²) in [4.78, 5) is 13.0. The number of carbonyl (C=O) groups is 1. The fourth-order valence-electron chi connectivity index (χ4n) is 2.55. The van der Waals surface area contributed by atoms with E-state index in [4.69, 9.17) is 5.11 Å². The van der Waals surface area contributed by atoms with Crippen molar-refractivity contribution in [1.29, 1.82) is 0 Å². The fraction of sp³-hybridized carbons (Fsp3) is 0.533. The molecule has 0 saturated carbocycles. The zero-order valence-corrected chi connectivity index (χ0v) is 11.9. The highest BCUT2D eigenvalue weighted by molar-refractivity contribution is 5.80. The second kappa shape index (κ2) is 5.11. The van der Waals surface area contributed by atoms with Gasteiger partial charge in [-0.15, -0.1) is 0 Å². The van der Waals surface area contributed by atoms with Crippen LogP contribution in [-0.2, 0) is 10.2 Å². The Bertz CT molecular complexity index is 478. The third kappa shape index (κ3) is 3.00. The van der Waals surface area contributed by atoms with Gasteiger partial charge in [0, 0.05) is 13.1 Å². The number of carboxylic acids is 1. The summed E-state index contributed by atoms with van der Waals surface area (Å²) in [5, 5.41) is 12.5. The molecule has 19 heavy (non-hydrogen) atoms. The third-order valence-electron chi connectivity index (χ3n) is 3.42. The Morgan fingerprint density at radius 2 is 2.16 bits per heavy atom. The molecule has 0 radical (unpaired) electrons. The Labute approximate surface area is 114 Å². The van der Waals surface area contributed by atoms with Gasteiger partial charge in [0.1, 0.15) is 6.54 Å². The molecule has 0 atom stereocenters. The normalized spacial score (nSPS) is 15.4. The van der Waals surface area contributed by atoms with Crippen molar-refractivity contribution in [2.24, 2.45) is 0 Å². The maximum absolute atomic E-state index is 11.0. The van der Waals surface area contributed by atoms with E-state index in [1.165, 1.54) is 5.56 Å². The highest BCUT2D eigenvalue weighted by Crippen LogP contribution is 2.37. The van der Waals surface area contributed by atoms with Crippen molar-refractivity contribution in [2.75, 3.05) is 29.9 Å². The zero-order chi connectivity index (χ0) is 14.0. The number of para-hydroxylation sites is 1. The zero-order valence-electron chi connectivity index (χ0n) is 11.9. The van der Waals surface area contributed by atoms with Crippen LogP contribution in [0.2, 0.25) is 0 Å². The Hall–Kier alpha value is -1.71. The van der Waals surface area contributed by atoms with Crippen LogP contribution in [0.3, 0.4) is 0 Å². The first-order valence-electron chi connectivity index (χ1n) is 6.73. The minimum atomic E-state index is -0.783. The molecule has 1 heterocycles. The van der Waals surface area contributed by atoms with E-state index in [9.17, 15) is 4.79 Å². The van der Waals surface area contributed by atoms with E-state index in [1.807, 2.05) is 17.0 Å². The lowest BCUT2D eigenvalue weighted by Gasteiger charge is -2.28. The minimum absolute atomic E-state index is 0.0393. The number of nitrogens with one attached hydrogen (secondary N) is 1. The molecule has 1 aliphatic rings. The number of aliphatic carboxylic acids is 1. The van der Waals surface area contributed by atoms with Crippen LogP contribution in [0.4, 0.5) is 11.4 Å². The standard InChI is InChI=1S/C15H22N2O2/c1-15(2,3)11-6-4-7-12-14(11)16-8-5-9-17(12)10-13(18)19/h4,6-7,16H,5,8-10H2,1-3H3,(H,18,19). The molecule has 1 aliphatic heterocycles. The van der Waals surface area contributed by atoms with Gasteiger partial charge in [-0.1, -0.05) is 32.9 Å². The average Bonchev–Trinajstić information content (AvgIpc) is 2.50. The van der Waals surface area contributed by atoms with E-state index in [0.717, 1.165) is 30.9 Å². The first-order valence-corrected chi connectivity index (χ1v) is 6.73. The van der Waals surface area contributed by atoms with Gasteiger partial charge in [-0.05, 0) is 23.5 Å². The van der Waals surface area contributed by atoms with Gasteiger partial charge in [0.25, 0.3) is 0 Å². The number of anilines is 2. The quantitative estimate of drug-likeness (QED) is 0.860. The monoisotopic (exact) mass is 262 g/mol. The first kappa shape index (κ1) is 13.7. The molecule has 0 spiro atoms. The molecular weight excluding hydrogens is 240 g/mol. The maximum atomic E-state index is 11.0. The van der Waals surface area contributed by atoms with Gasteiger partial charge in [-0.25, -0.2) is 0 Å². The summed E-state index contributed by atoms with van der Waals surface area (Å²) in [5.74, 6) is -0.783. The lowest BCUT2D eigenvalue weighted by molar-refractivity contribution is -0.135. The molecule has 1 aromatic carbocycles. The van der Waals surface area contributed by atoms with Gasteiger partial charge < -0.3 is 15.3 Å². The summed E-state index contributed by atoms with van der Waals surface area (Å²) in [6, 6.07) is 6.14. The Kier molecular flexibility index (Phi) is 3.69. The molecule has 4 nitrogen and oxygen atoms in total. The Morgan fingerprint density at radius 3 is 2.79 bits per heavy atom. The summed E-state index contributed by atoms with van der Waals surface area (Å²) in [6.07, 6.45) is 0.950. The van der Waals surface area contributed by atoms with Gasteiger partial charge in [0.05, 0.1) is 11.4 Å². The van der Waals surface area contributed by atoms with Crippen molar-refractivity contribution in [3.8, 4) is 0 Å². The van der Waals surface area contributed by atoms with Crippen LogP contribution >= 0.6 is 0 Å². The molecule has 104 valence electrons. The molecule has 0 fully saturated rings. The molecule has 1 aromatic rings. The summed E-state index contributed by atoms with van der Waals surface area (Å²) in [7, 11) is 0. The molecular formula is C15H22N2O2. The average molecular weight is 262 g/mol. The van der Waals surface area contributed by atoms with Crippen molar-refractivity contribution in [2.45, 2.75) is 32.6 Å². The predicted octanol–water partition coefficient (Wildman–Crippen LogP) is 2.69. The topological polar surface area (TPSA) is 52.6 Å². The van der Waals surface area contributed by atoms with E-state index in [-0.39, 0.29) is 12.0 Å². The number of nitrogens with zero attached hydrogens (tertiary/aromatic N) is 1. The molecule has 0 aliphatic carbocycles. The molecule has 0 aromatic heterocycles. The smallest absolute Gasteiger partial charge is 0.323 e. The highest BCUT2D eigenvalue weighted by atomic mass is 16.4. The molecule has 4 heteroatoms. The van der Waals surface area contributed by atoms with Crippen molar-refractivity contribution in [3.63, 3.8) is 0 Å². The van der Waals surface area contributed by atoms with E-state index in [2.05, 4.69) is 32.2 Å². The minimum Gasteiger partial charge on any atom is -0.480 e. The van der Waals surface area contributed by atoms with Crippen LogP contribution in [-0.4, -0.2) is 30.7 Å². The summed E-state index contributed by atoms with van der Waals surface area (Å²) in [6.45, 7) is 8.25. The van der Waals surface area contributed by atoms with Gasteiger partial charge in [0.2, 0.25) is 0 Å². The summed E-state index contributed by atoms with van der Waals surface area (Å²) in [5.41, 5.74) is 3.38. The van der Waals surface area contributed by atoms with Crippen molar-refractivity contribution in [3.05, 3.63) is 23.8 Å². The first-order chi connectivity index (χ1) is 8.89. The van der Waals surface area contributed by atoms with Crippen molar-refractivity contribution in [1.82, 2.24) is 0 Å². The number of hydrogen-bond donors (Lipinski definition) is 2. The van der Waals surface area contributed by atoms with E-state index < -0.39 is 5.97 Å². The summed E-state index contributed by atoms with van der Waals surface area (Å²) >= 11 is 0. The molecule has 2 rings (SSSR count). The number of hydrogen-bond acceptors (Lipinski definition) is 3. The maximum Gasteiger partial charge on any atom is 0.323 e. The van der Waals surface area contributed by atoms with E-state index in [0.29, 0.717) is 0 Å². The number of rotatable bonds is 2. The van der Waals surface area contributed by atoms with Crippen LogP contribution < -0.4 is 10.2 Å². The molecule has 0 bridgehead atoms. The molecule has 2 N–H and O–H groups in total. The van der Waals surface area contributed by atoms with Crippen molar-refractivity contribution >= 4 is 17.3 Å². The van der Waals surface area contributed by atoms with Gasteiger partial charge >= 0.3 is 5.97 Å². The van der Waals surface area contributed by atoms with Gasteiger partial charge in [0.15, 0.2) is 0 Å².